The van der Waals surface area contributed by atoms with Gasteiger partial charge in [0.2, 0.25) is 0 Å². The number of carbonyl (C=O) groups is 1. The van der Waals surface area contributed by atoms with Gasteiger partial charge >= 0.3 is 12.2 Å². The molecule has 6 nitrogen and oxygen atoms in total. The van der Waals surface area contributed by atoms with Crippen LogP contribution in [0.2, 0.25) is 0 Å². The first kappa shape index (κ1) is 20.1. The summed E-state index contributed by atoms with van der Waals surface area (Å²) in [5.74, 6) is 0.418. The van der Waals surface area contributed by atoms with Crippen LogP contribution in [0.3, 0.4) is 0 Å². The Hall–Kier alpha value is -3.23. The lowest BCUT2D eigenvalue weighted by Gasteiger charge is -2.38. The lowest BCUT2D eigenvalue weighted by atomic mass is 10.0. The zero-order valence-electron chi connectivity index (χ0n) is 16.3. The van der Waals surface area contributed by atoms with Crippen molar-refractivity contribution in [2.45, 2.75) is 12.7 Å². The summed E-state index contributed by atoms with van der Waals surface area (Å²) in [6, 6.07) is 10.1. The van der Waals surface area contributed by atoms with Crippen LogP contribution in [-0.4, -0.2) is 40.2 Å². The van der Waals surface area contributed by atoms with E-state index >= 15 is 0 Å². The van der Waals surface area contributed by atoms with Crippen molar-refractivity contribution in [1.29, 1.82) is 0 Å². The van der Waals surface area contributed by atoms with Crippen molar-refractivity contribution in [3.8, 4) is 5.75 Å². The lowest BCUT2D eigenvalue weighted by Crippen LogP contribution is -2.55. The molecule has 1 aliphatic rings. The van der Waals surface area contributed by atoms with Gasteiger partial charge in [-0.25, -0.2) is 9.78 Å². The van der Waals surface area contributed by atoms with Gasteiger partial charge < -0.3 is 19.5 Å². The van der Waals surface area contributed by atoms with Crippen LogP contribution in [0.25, 0.3) is 10.9 Å². The number of benzene rings is 1. The topological polar surface area (TPSA) is 59.4 Å². The minimum absolute atomic E-state index is 0.138. The number of amides is 2. The van der Waals surface area contributed by atoms with Crippen LogP contribution < -0.4 is 10.1 Å². The summed E-state index contributed by atoms with van der Waals surface area (Å²) in [5.41, 5.74) is 1.21. The molecule has 30 heavy (non-hydrogen) atoms. The summed E-state index contributed by atoms with van der Waals surface area (Å²) in [4.78, 5) is 17.3. The van der Waals surface area contributed by atoms with Gasteiger partial charge in [-0.05, 0) is 41.3 Å². The molecule has 0 radical (unpaired) electrons. The molecule has 0 aliphatic carbocycles. The molecule has 3 aromatic rings. The number of nitrogens with zero attached hydrogens (tertiary/aromatic N) is 3. The number of likely N-dealkylation sites (tertiary alicyclic amines) is 1. The molecule has 0 bridgehead atoms. The molecule has 3 heterocycles. The second-order valence-corrected chi connectivity index (χ2v) is 7.44. The van der Waals surface area contributed by atoms with Crippen molar-refractivity contribution < 1.29 is 22.7 Å². The molecule has 1 aromatic carbocycles. The molecule has 0 spiro atoms. The Kier molecular flexibility index (Phi) is 5.27. The summed E-state index contributed by atoms with van der Waals surface area (Å²) in [5, 5.41) is 4.04. The Bertz CT molecular complexity index is 1040. The van der Waals surface area contributed by atoms with E-state index in [4.69, 9.17) is 4.74 Å². The van der Waals surface area contributed by atoms with Crippen LogP contribution >= 0.6 is 0 Å². The Morgan fingerprint density at radius 1 is 1.23 bits per heavy atom. The number of aromatic nitrogens is 2. The van der Waals surface area contributed by atoms with Crippen LogP contribution in [0.15, 0.2) is 48.8 Å². The first-order valence-electron chi connectivity index (χ1n) is 9.52. The van der Waals surface area contributed by atoms with Gasteiger partial charge in [0.05, 0.1) is 12.8 Å². The highest BCUT2D eigenvalue weighted by Crippen LogP contribution is 2.28. The van der Waals surface area contributed by atoms with E-state index in [2.05, 4.69) is 16.4 Å². The van der Waals surface area contributed by atoms with Gasteiger partial charge in [0.15, 0.2) is 0 Å². The third-order valence-electron chi connectivity index (χ3n) is 5.15. The standard InChI is InChI=1S/C21H21F3N4O2/c1-27-7-6-16-8-14(2-4-18(16)27)9-26-20(29)28-11-15(12-28)13-30-17-3-5-19(25-10-17)21(22,23)24/h2-8,10,15H,9,11-13H2,1H3,(H,26,29). The summed E-state index contributed by atoms with van der Waals surface area (Å²) in [6.07, 6.45) is -1.40. The maximum Gasteiger partial charge on any atom is 0.433 e. The number of rotatable bonds is 5. The number of hydrogen-bond acceptors (Lipinski definition) is 3. The van der Waals surface area contributed by atoms with Crippen LogP contribution in [0, 0.1) is 5.92 Å². The fraction of sp³-hybridized carbons (Fsp3) is 0.333. The maximum atomic E-state index is 12.5. The van der Waals surface area contributed by atoms with Crippen molar-refractivity contribution >= 4 is 16.9 Å². The summed E-state index contributed by atoms with van der Waals surface area (Å²) in [6.45, 7) is 1.84. The highest BCUT2D eigenvalue weighted by Gasteiger charge is 2.33. The van der Waals surface area contributed by atoms with Gasteiger partial charge in [-0.3, -0.25) is 0 Å². The molecule has 1 aliphatic heterocycles. The van der Waals surface area contributed by atoms with Gasteiger partial charge in [0, 0.05) is 44.3 Å². The number of alkyl halides is 3. The average molecular weight is 418 g/mol. The second-order valence-electron chi connectivity index (χ2n) is 7.44. The average Bonchev–Trinajstić information content (AvgIpc) is 3.05. The summed E-state index contributed by atoms with van der Waals surface area (Å²) in [7, 11) is 1.99. The molecule has 1 N–H and O–H groups in total. The second kappa shape index (κ2) is 7.89. The molecule has 2 aromatic heterocycles. The molecular weight excluding hydrogens is 397 g/mol. The van der Waals surface area contributed by atoms with Gasteiger partial charge in [0.25, 0.3) is 0 Å². The molecule has 9 heteroatoms. The van der Waals surface area contributed by atoms with Crippen LogP contribution in [0.4, 0.5) is 18.0 Å². The number of hydrogen-bond donors (Lipinski definition) is 1. The summed E-state index contributed by atoms with van der Waals surface area (Å²) < 4.78 is 45.1. The highest BCUT2D eigenvalue weighted by atomic mass is 19.4. The third kappa shape index (κ3) is 4.34. The summed E-state index contributed by atoms with van der Waals surface area (Å²) >= 11 is 0. The number of carbonyl (C=O) groups excluding carboxylic acids is 1. The fourth-order valence-electron chi connectivity index (χ4n) is 3.42. The van der Waals surface area contributed by atoms with Gasteiger partial charge in [-0.15, -0.1) is 0 Å². The van der Waals surface area contributed by atoms with Crippen molar-refractivity contribution in [3.05, 3.63) is 60.0 Å². The van der Waals surface area contributed by atoms with Crippen LogP contribution in [-0.2, 0) is 19.8 Å². The Morgan fingerprint density at radius 3 is 2.73 bits per heavy atom. The van der Waals surface area contributed by atoms with Crippen molar-refractivity contribution in [1.82, 2.24) is 19.8 Å². The maximum absolute atomic E-state index is 12.5. The van der Waals surface area contributed by atoms with E-state index in [1.165, 1.54) is 6.07 Å². The van der Waals surface area contributed by atoms with E-state index in [9.17, 15) is 18.0 Å². The number of ether oxygens (including phenoxy) is 1. The van der Waals surface area contributed by atoms with Crippen LogP contribution in [0.5, 0.6) is 5.75 Å². The normalized spacial score (nSPS) is 14.6. The largest absolute Gasteiger partial charge is 0.492 e. The van der Waals surface area contributed by atoms with E-state index in [1.54, 1.807) is 4.90 Å². The molecule has 0 atom stereocenters. The van der Waals surface area contributed by atoms with E-state index in [-0.39, 0.29) is 17.7 Å². The fourth-order valence-corrected chi connectivity index (χ4v) is 3.42. The Balaban J connectivity index is 1.19. The predicted molar refractivity (Wildman–Crippen MR) is 105 cm³/mol. The number of nitrogens with one attached hydrogen (secondary N) is 1. The third-order valence-corrected chi connectivity index (χ3v) is 5.15. The highest BCUT2D eigenvalue weighted by molar-refractivity contribution is 5.81. The first-order valence-corrected chi connectivity index (χ1v) is 9.52. The van der Waals surface area contributed by atoms with Gasteiger partial charge in [-0.2, -0.15) is 13.2 Å². The molecular formula is C21H21F3N4O2. The molecule has 0 saturated carbocycles. The molecule has 1 saturated heterocycles. The van der Waals surface area contributed by atoms with Crippen molar-refractivity contribution in [2.24, 2.45) is 13.0 Å². The first-order chi connectivity index (χ1) is 14.3. The minimum Gasteiger partial charge on any atom is -0.492 e. The number of halogens is 3. The number of aryl methyl sites for hydroxylation is 1. The van der Waals surface area contributed by atoms with E-state index < -0.39 is 11.9 Å². The molecule has 4 rings (SSSR count). The molecule has 158 valence electrons. The predicted octanol–water partition coefficient (Wildman–Crippen LogP) is 3.81. The van der Waals surface area contributed by atoms with E-state index in [0.717, 1.165) is 28.7 Å². The smallest absolute Gasteiger partial charge is 0.433 e. The quantitative estimate of drug-likeness (QED) is 0.686. The molecule has 2 amide bonds. The van der Waals surface area contributed by atoms with Crippen molar-refractivity contribution in [2.75, 3.05) is 19.7 Å². The van der Waals surface area contributed by atoms with Gasteiger partial charge in [0.1, 0.15) is 11.4 Å². The lowest BCUT2D eigenvalue weighted by molar-refractivity contribution is -0.141. The number of pyridine rings is 1. The van der Waals surface area contributed by atoms with E-state index in [1.807, 2.05) is 36.0 Å². The van der Waals surface area contributed by atoms with Crippen molar-refractivity contribution in [3.63, 3.8) is 0 Å². The Morgan fingerprint density at radius 2 is 2.03 bits per heavy atom. The minimum atomic E-state index is -4.47. The number of urea groups is 1. The van der Waals surface area contributed by atoms with Crippen LogP contribution in [0.1, 0.15) is 11.3 Å². The zero-order chi connectivity index (χ0) is 21.3. The molecule has 1 fully saturated rings. The number of fused-ring (bicyclic) bond motifs is 1. The Labute approximate surface area is 171 Å². The monoisotopic (exact) mass is 418 g/mol. The molecule has 0 unspecified atom stereocenters. The van der Waals surface area contributed by atoms with E-state index in [0.29, 0.717) is 26.2 Å². The van der Waals surface area contributed by atoms with Gasteiger partial charge in [-0.1, -0.05) is 6.07 Å². The SMILES string of the molecule is Cn1ccc2cc(CNC(=O)N3CC(COc4ccc(C(F)(F)F)nc4)C3)ccc21. The zero-order valence-corrected chi connectivity index (χ0v) is 16.3.